The SMILES string of the molecule is COCCOc1ncccc1NC(=O)c1ccc(Cl)c(NC(=O)c2cccs2)c1. The number of halogens is 1. The van der Waals surface area contributed by atoms with E-state index < -0.39 is 5.91 Å². The molecular formula is C20H18ClN3O4S. The van der Waals surface area contributed by atoms with Crippen molar-refractivity contribution in [2.45, 2.75) is 0 Å². The van der Waals surface area contributed by atoms with Crippen molar-refractivity contribution in [2.75, 3.05) is 31.0 Å². The molecule has 0 spiro atoms. The van der Waals surface area contributed by atoms with Crippen LogP contribution in [-0.2, 0) is 4.74 Å². The number of amides is 2. The Hall–Kier alpha value is -2.94. The summed E-state index contributed by atoms with van der Waals surface area (Å²) in [5, 5.41) is 7.62. The van der Waals surface area contributed by atoms with Crippen LogP contribution in [0.1, 0.15) is 20.0 Å². The first-order valence-corrected chi connectivity index (χ1v) is 9.86. The first-order valence-electron chi connectivity index (χ1n) is 8.61. The molecule has 0 fully saturated rings. The maximum absolute atomic E-state index is 12.7. The molecule has 150 valence electrons. The lowest BCUT2D eigenvalue weighted by atomic mass is 10.1. The van der Waals surface area contributed by atoms with Crippen LogP contribution in [0.25, 0.3) is 0 Å². The topological polar surface area (TPSA) is 89.6 Å². The highest BCUT2D eigenvalue weighted by molar-refractivity contribution is 7.12. The number of benzene rings is 1. The zero-order chi connectivity index (χ0) is 20.6. The summed E-state index contributed by atoms with van der Waals surface area (Å²) >= 11 is 7.49. The van der Waals surface area contributed by atoms with Crippen LogP contribution in [0.3, 0.4) is 0 Å². The maximum Gasteiger partial charge on any atom is 0.265 e. The van der Waals surface area contributed by atoms with Crippen molar-refractivity contribution in [3.63, 3.8) is 0 Å². The lowest BCUT2D eigenvalue weighted by molar-refractivity contribution is 0.101. The van der Waals surface area contributed by atoms with Gasteiger partial charge in [0.25, 0.3) is 11.8 Å². The van der Waals surface area contributed by atoms with Crippen LogP contribution in [-0.4, -0.2) is 37.1 Å². The molecule has 3 aromatic rings. The predicted octanol–water partition coefficient (Wildman–Crippen LogP) is 4.33. The number of aromatic nitrogens is 1. The number of rotatable bonds is 8. The minimum absolute atomic E-state index is 0.290. The number of methoxy groups -OCH3 is 1. The highest BCUT2D eigenvalue weighted by atomic mass is 35.5. The van der Waals surface area contributed by atoms with Gasteiger partial charge in [0.1, 0.15) is 12.3 Å². The van der Waals surface area contributed by atoms with Crippen molar-refractivity contribution in [2.24, 2.45) is 0 Å². The average molecular weight is 432 g/mol. The number of nitrogens with zero attached hydrogens (tertiary/aromatic N) is 1. The number of hydrogen-bond acceptors (Lipinski definition) is 6. The fraction of sp³-hybridized carbons (Fsp3) is 0.150. The van der Waals surface area contributed by atoms with Gasteiger partial charge >= 0.3 is 0 Å². The van der Waals surface area contributed by atoms with Gasteiger partial charge in [0.05, 0.1) is 22.2 Å². The molecule has 0 aliphatic heterocycles. The zero-order valence-electron chi connectivity index (χ0n) is 15.5. The van der Waals surface area contributed by atoms with E-state index in [4.69, 9.17) is 21.1 Å². The van der Waals surface area contributed by atoms with Gasteiger partial charge in [0, 0.05) is 18.9 Å². The van der Waals surface area contributed by atoms with Gasteiger partial charge in [0.15, 0.2) is 0 Å². The standard InChI is InChI=1S/C20H18ClN3O4S/c1-27-9-10-28-20-15(4-2-8-22-20)23-18(25)13-6-7-14(21)16(12-13)24-19(26)17-5-3-11-29-17/h2-8,11-12H,9-10H2,1H3,(H,23,25)(H,24,26). The molecular weight excluding hydrogens is 414 g/mol. The molecule has 2 amide bonds. The van der Waals surface area contributed by atoms with Crippen molar-refractivity contribution in [3.05, 3.63) is 69.5 Å². The highest BCUT2D eigenvalue weighted by Gasteiger charge is 2.15. The summed E-state index contributed by atoms with van der Waals surface area (Å²) in [5.74, 6) is -0.392. The third-order valence-corrected chi connectivity index (χ3v) is 4.97. The van der Waals surface area contributed by atoms with Crippen LogP contribution in [0.4, 0.5) is 11.4 Å². The smallest absolute Gasteiger partial charge is 0.265 e. The van der Waals surface area contributed by atoms with E-state index in [1.165, 1.54) is 17.4 Å². The molecule has 2 aromatic heterocycles. The van der Waals surface area contributed by atoms with Crippen LogP contribution < -0.4 is 15.4 Å². The second kappa shape index (κ2) is 10.0. The number of thiophene rings is 1. The van der Waals surface area contributed by atoms with Gasteiger partial charge in [-0.3, -0.25) is 9.59 Å². The van der Waals surface area contributed by atoms with E-state index in [0.29, 0.717) is 40.1 Å². The number of nitrogens with one attached hydrogen (secondary N) is 2. The number of carbonyl (C=O) groups excluding carboxylic acids is 2. The lowest BCUT2D eigenvalue weighted by Gasteiger charge is -2.12. The molecule has 0 aliphatic carbocycles. The van der Waals surface area contributed by atoms with E-state index in [1.54, 1.807) is 55.1 Å². The van der Waals surface area contributed by atoms with Crippen molar-refractivity contribution >= 4 is 46.1 Å². The minimum Gasteiger partial charge on any atom is -0.474 e. The fourth-order valence-corrected chi connectivity index (χ4v) is 3.15. The Morgan fingerprint density at radius 3 is 2.66 bits per heavy atom. The van der Waals surface area contributed by atoms with Gasteiger partial charge < -0.3 is 20.1 Å². The quantitative estimate of drug-likeness (QED) is 0.518. The third-order valence-electron chi connectivity index (χ3n) is 3.77. The summed E-state index contributed by atoms with van der Waals surface area (Å²) in [6.45, 7) is 0.699. The Labute approximate surface area is 176 Å². The maximum atomic E-state index is 12.7. The molecule has 0 saturated carbocycles. The first-order chi connectivity index (χ1) is 14.1. The Morgan fingerprint density at radius 1 is 1.07 bits per heavy atom. The molecule has 2 N–H and O–H groups in total. The van der Waals surface area contributed by atoms with E-state index in [9.17, 15) is 9.59 Å². The molecule has 0 atom stereocenters. The normalized spacial score (nSPS) is 10.4. The Morgan fingerprint density at radius 2 is 1.90 bits per heavy atom. The van der Waals surface area contributed by atoms with Crippen molar-refractivity contribution in [1.29, 1.82) is 0 Å². The van der Waals surface area contributed by atoms with E-state index in [0.717, 1.165) is 0 Å². The largest absolute Gasteiger partial charge is 0.474 e. The molecule has 3 rings (SSSR count). The second-order valence-electron chi connectivity index (χ2n) is 5.78. The number of hydrogen-bond donors (Lipinski definition) is 2. The lowest BCUT2D eigenvalue weighted by Crippen LogP contribution is -2.16. The van der Waals surface area contributed by atoms with E-state index >= 15 is 0 Å². The monoisotopic (exact) mass is 431 g/mol. The third kappa shape index (κ3) is 5.54. The minimum atomic E-state index is -0.391. The van der Waals surface area contributed by atoms with Crippen LogP contribution in [0.15, 0.2) is 54.0 Å². The Balaban J connectivity index is 1.74. The van der Waals surface area contributed by atoms with Gasteiger partial charge in [-0.1, -0.05) is 17.7 Å². The first kappa shape index (κ1) is 20.8. The van der Waals surface area contributed by atoms with Crippen molar-refractivity contribution < 1.29 is 19.1 Å². The van der Waals surface area contributed by atoms with Crippen LogP contribution >= 0.6 is 22.9 Å². The molecule has 0 aliphatic rings. The summed E-state index contributed by atoms with van der Waals surface area (Å²) in [6.07, 6.45) is 1.57. The van der Waals surface area contributed by atoms with Gasteiger partial charge in [-0.15, -0.1) is 11.3 Å². The molecule has 9 heteroatoms. The zero-order valence-corrected chi connectivity index (χ0v) is 17.0. The van der Waals surface area contributed by atoms with Crippen molar-refractivity contribution in [1.82, 2.24) is 4.98 Å². The molecule has 2 heterocycles. The van der Waals surface area contributed by atoms with E-state index in [-0.39, 0.29) is 11.8 Å². The van der Waals surface area contributed by atoms with Crippen LogP contribution in [0, 0.1) is 0 Å². The molecule has 1 aromatic carbocycles. The predicted molar refractivity (Wildman–Crippen MR) is 113 cm³/mol. The number of pyridine rings is 1. The van der Waals surface area contributed by atoms with Crippen LogP contribution in [0.2, 0.25) is 5.02 Å². The number of anilines is 2. The van der Waals surface area contributed by atoms with E-state index in [1.807, 2.05) is 0 Å². The molecule has 7 nitrogen and oxygen atoms in total. The van der Waals surface area contributed by atoms with Gasteiger partial charge in [0.2, 0.25) is 5.88 Å². The second-order valence-corrected chi connectivity index (χ2v) is 7.13. The summed E-state index contributed by atoms with van der Waals surface area (Å²) in [7, 11) is 1.57. The summed E-state index contributed by atoms with van der Waals surface area (Å²) in [5.41, 5.74) is 1.09. The van der Waals surface area contributed by atoms with Gasteiger partial charge in [-0.2, -0.15) is 0 Å². The fourth-order valence-electron chi connectivity index (χ4n) is 2.37. The molecule has 0 saturated heterocycles. The number of ether oxygens (including phenoxy) is 2. The van der Waals surface area contributed by atoms with Crippen LogP contribution in [0.5, 0.6) is 5.88 Å². The molecule has 0 radical (unpaired) electrons. The Kier molecular flexibility index (Phi) is 7.18. The van der Waals surface area contributed by atoms with Gasteiger partial charge in [-0.05, 0) is 41.8 Å². The van der Waals surface area contributed by atoms with E-state index in [2.05, 4.69) is 15.6 Å². The summed E-state index contributed by atoms with van der Waals surface area (Å²) in [4.78, 5) is 29.6. The summed E-state index contributed by atoms with van der Waals surface area (Å²) in [6, 6.07) is 11.5. The highest BCUT2D eigenvalue weighted by Crippen LogP contribution is 2.26. The summed E-state index contributed by atoms with van der Waals surface area (Å²) < 4.78 is 10.5. The molecule has 29 heavy (non-hydrogen) atoms. The number of carbonyl (C=O) groups is 2. The van der Waals surface area contributed by atoms with Crippen molar-refractivity contribution in [3.8, 4) is 5.88 Å². The van der Waals surface area contributed by atoms with Gasteiger partial charge in [-0.25, -0.2) is 4.98 Å². The molecule has 0 bridgehead atoms. The molecule has 0 unspecified atom stereocenters. The Bertz CT molecular complexity index is 995. The average Bonchev–Trinajstić information content (AvgIpc) is 3.26.